The van der Waals surface area contributed by atoms with Crippen LogP contribution in [-0.2, 0) is 6.42 Å². The third-order valence-electron chi connectivity index (χ3n) is 3.71. The Kier molecular flexibility index (Phi) is 4.07. The summed E-state index contributed by atoms with van der Waals surface area (Å²) in [6.45, 7) is 5.34. The predicted molar refractivity (Wildman–Crippen MR) is 70.6 cm³/mol. The van der Waals surface area contributed by atoms with E-state index in [1.807, 2.05) is 24.8 Å². The second-order valence-corrected chi connectivity index (χ2v) is 4.95. The van der Waals surface area contributed by atoms with Crippen LogP contribution >= 0.6 is 0 Å². The molecule has 2 N–H and O–H groups in total. The molecule has 0 saturated carbocycles. The average molecular weight is 250 g/mol. The lowest BCUT2D eigenvalue weighted by molar-refractivity contribution is 0.0589. The number of furan rings is 1. The summed E-state index contributed by atoms with van der Waals surface area (Å²) in [6.07, 6.45) is 4.04. The van der Waals surface area contributed by atoms with E-state index in [9.17, 15) is 4.79 Å². The molecule has 1 aromatic rings. The van der Waals surface area contributed by atoms with E-state index in [4.69, 9.17) is 10.2 Å². The molecule has 0 spiro atoms. The number of aryl methyl sites for hydroxylation is 2. The van der Waals surface area contributed by atoms with Crippen molar-refractivity contribution in [1.82, 2.24) is 4.90 Å². The molecule has 1 saturated heterocycles. The van der Waals surface area contributed by atoms with Gasteiger partial charge in [0.15, 0.2) is 5.76 Å². The lowest BCUT2D eigenvalue weighted by Crippen LogP contribution is -2.47. The Morgan fingerprint density at radius 1 is 1.56 bits per heavy atom. The Bertz CT molecular complexity index is 425. The van der Waals surface area contributed by atoms with E-state index in [2.05, 4.69) is 0 Å². The van der Waals surface area contributed by atoms with Crippen LogP contribution in [0.5, 0.6) is 0 Å². The van der Waals surface area contributed by atoms with E-state index in [-0.39, 0.29) is 11.9 Å². The van der Waals surface area contributed by atoms with Gasteiger partial charge in [0.25, 0.3) is 5.91 Å². The van der Waals surface area contributed by atoms with Crippen molar-refractivity contribution >= 4 is 5.91 Å². The second-order valence-electron chi connectivity index (χ2n) is 4.95. The molecule has 1 atom stereocenters. The largest absolute Gasteiger partial charge is 0.456 e. The molecule has 4 heteroatoms. The maximum Gasteiger partial charge on any atom is 0.289 e. The standard InChI is InChI=1S/C14H22N2O2/c1-3-12-10(2)8-13(18-12)14(17)16-7-5-4-6-11(16)9-15/h8,11H,3-7,9,15H2,1-2H3. The van der Waals surface area contributed by atoms with Crippen LogP contribution < -0.4 is 5.73 Å². The molecular weight excluding hydrogens is 228 g/mol. The predicted octanol–water partition coefficient (Wildman–Crippen LogP) is 2.10. The number of hydrogen-bond donors (Lipinski definition) is 1. The molecule has 0 aromatic carbocycles. The zero-order chi connectivity index (χ0) is 13.1. The van der Waals surface area contributed by atoms with E-state index in [1.54, 1.807) is 0 Å². The maximum absolute atomic E-state index is 12.4. The summed E-state index contributed by atoms with van der Waals surface area (Å²) in [5.74, 6) is 1.36. The molecule has 1 aliphatic heterocycles. The van der Waals surface area contributed by atoms with Crippen LogP contribution in [0.1, 0.15) is 48.1 Å². The van der Waals surface area contributed by atoms with Crippen LogP contribution in [0.3, 0.4) is 0 Å². The summed E-state index contributed by atoms with van der Waals surface area (Å²) in [7, 11) is 0. The Hall–Kier alpha value is -1.29. The highest BCUT2D eigenvalue weighted by atomic mass is 16.4. The van der Waals surface area contributed by atoms with Gasteiger partial charge in [-0.3, -0.25) is 4.79 Å². The minimum atomic E-state index is -0.00653. The molecule has 4 nitrogen and oxygen atoms in total. The smallest absolute Gasteiger partial charge is 0.289 e. The number of piperidine rings is 1. The van der Waals surface area contributed by atoms with Crippen LogP contribution in [0.15, 0.2) is 10.5 Å². The van der Waals surface area contributed by atoms with Gasteiger partial charge in [0.2, 0.25) is 0 Å². The molecule has 100 valence electrons. The molecule has 2 heterocycles. The molecule has 1 amide bonds. The monoisotopic (exact) mass is 250 g/mol. The van der Waals surface area contributed by atoms with Crippen LogP contribution in [0.2, 0.25) is 0 Å². The van der Waals surface area contributed by atoms with E-state index in [1.165, 1.54) is 0 Å². The number of amides is 1. The number of rotatable bonds is 3. The summed E-state index contributed by atoms with van der Waals surface area (Å²) < 4.78 is 5.64. The van der Waals surface area contributed by atoms with Crippen LogP contribution in [0.4, 0.5) is 0 Å². The number of nitrogens with zero attached hydrogens (tertiary/aromatic N) is 1. The van der Waals surface area contributed by atoms with Gasteiger partial charge in [0.05, 0.1) is 0 Å². The summed E-state index contributed by atoms with van der Waals surface area (Å²) in [5.41, 5.74) is 6.80. The number of hydrogen-bond acceptors (Lipinski definition) is 3. The first-order valence-electron chi connectivity index (χ1n) is 6.77. The molecule has 0 bridgehead atoms. The third-order valence-corrected chi connectivity index (χ3v) is 3.71. The van der Waals surface area contributed by atoms with Gasteiger partial charge < -0.3 is 15.1 Å². The molecule has 1 aromatic heterocycles. The SMILES string of the molecule is CCc1oc(C(=O)N2CCCCC2CN)cc1C. The zero-order valence-corrected chi connectivity index (χ0v) is 11.2. The molecular formula is C14H22N2O2. The van der Waals surface area contributed by atoms with Crippen LogP contribution in [0.25, 0.3) is 0 Å². The number of likely N-dealkylation sites (tertiary alicyclic amines) is 1. The van der Waals surface area contributed by atoms with Gasteiger partial charge >= 0.3 is 0 Å². The Labute approximate surface area is 108 Å². The van der Waals surface area contributed by atoms with Crippen molar-refractivity contribution in [2.45, 2.75) is 45.6 Å². The summed E-state index contributed by atoms with van der Waals surface area (Å²) >= 11 is 0. The maximum atomic E-state index is 12.4. The first-order chi connectivity index (χ1) is 8.67. The summed E-state index contributed by atoms with van der Waals surface area (Å²) in [5, 5.41) is 0. The second kappa shape index (κ2) is 5.57. The van der Waals surface area contributed by atoms with Crippen molar-refractivity contribution in [2.75, 3.05) is 13.1 Å². The molecule has 0 aliphatic carbocycles. The van der Waals surface area contributed by atoms with Gasteiger partial charge in [-0.05, 0) is 37.8 Å². The van der Waals surface area contributed by atoms with E-state index < -0.39 is 0 Å². The Morgan fingerprint density at radius 2 is 2.33 bits per heavy atom. The lowest BCUT2D eigenvalue weighted by atomic mass is 10.0. The van der Waals surface area contributed by atoms with Gasteiger partial charge in [-0.25, -0.2) is 0 Å². The molecule has 1 aliphatic rings. The van der Waals surface area contributed by atoms with E-state index in [0.717, 1.165) is 43.6 Å². The Morgan fingerprint density at radius 3 is 2.94 bits per heavy atom. The highest BCUT2D eigenvalue weighted by Gasteiger charge is 2.28. The topological polar surface area (TPSA) is 59.5 Å². The molecule has 1 unspecified atom stereocenters. The van der Waals surface area contributed by atoms with Crippen molar-refractivity contribution in [3.05, 3.63) is 23.2 Å². The van der Waals surface area contributed by atoms with Gasteiger partial charge in [-0.1, -0.05) is 6.92 Å². The quantitative estimate of drug-likeness (QED) is 0.893. The van der Waals surface area contributed by atoms with Gasteiger partial charge in [-0.15, -0.1) is 0 Å². The summed E-state index contributed by atoms with van der Waals surface area (Å²) in [4.78, 5) is 14.3. The molecule has 0 radical (unpaired) electrons. The molecule has 1 fully saturated rings. The number of carbonyl (C=O) groups excluding carboxylic acids is 1. The van der Waals surface area contributed by atoms with Gasteiger partial charge in [0.1, 0.15) is 5.76 Å². The van der Waals surface area contributed by atoms with Crippen molar-refractivity contribution in [3.63, 3.8) is 0 Å². The van der Waals surface area contributed by atoms with Crippen molar-refractivity contribution in [1.29, 1.82) is 0 Å². The fraction of sp³-hybridized carbons (Fsp3) is 0.643. The highest BCUT2D eigenvalue weighted by Crippen LogP contribution is 2.22. The van der Waals surface area contributed by atoms with Crippen molar-refractivity contribution < 1.29 is 9.21 Å². The van der Waals surface area contributed by atoms with Crippen LogP contribution in [0, 0.1) is 6.92 Å². The Balaban J connectivity index is 2.18. The lowest BCUT2D eigenvalue weighted by Gasteiger charge is -2.34. The fourth-order valence-electron chi connectivity index (χ4n) is 2.63. The zero-order valence-electron chi connectivity index (χ0n) is 11.2. The molecule has 18 heavy (non-hydrogen) atoms. The van der Waals surface area contributed by atoms with E-state index >= 15 is 0 Å². The van der Waals surface area contributed by atoms with Crippen molar-refractivity contribution in [2.24, 2.45) is 5.73 Å². The fourth-order valence-corrected chi connectivity index (χ4v) is 2.63. The number of nitrogens with two attached hydrogens (primary N) is 1. The first-order valence-corrected chi connectivity index (χ1v) is 6.77. The van der Waals surface area contributed by atoms with E-state index in [0.29, 0.717) is 12.3 Å². The van der Waals surface area contributed by atoms with Crippen LogP contribution in [-0.4, -0.2) is 29.9 Å². The van der Waals surface area contributed by atoms with Gasteiger partial charge in [0, 0.05) is 25.6 Å². The normalized spacial score (nSPS) is 20.2. The average Bonchev–Trinajstić information content (AvgIpc) is 2.79. The van der Waals surface area contributed by atoms with Crippen molar-refractivity contribution in [3.8, 4) is 0 Å². The highest BCUT2D eigenvalue weighted by molar-refractivity contribution is 5.92. The minimum Gasteiger partial charge on any atom is -0.456 e. The minimum absolute atomic E-state index is 0.00653. The third kappa shape index (κ3) is 2.43. The van der Waals surface area contributed by atoms with Gasteiger partial charge in [-0.2, -0.15) is 0 Å². The summed E-state index contributed by atoms with van der Waals surface area (Å²) in [6, 6.07) is 2.02. The molecule has 2 rings (SSSR count). The number of carbonyl (C=O) groups is 1. The first kappa shape index (κ1) is 13.1.